The predicted octanol–water partition coefficient (Wildman–Crippen LogP) is 5.94. The Kier molecular flexibility index (Phi) is 8.66. The summed E-state index contributed by atoms with van der Waals surface area (Å²) in [6, 6.07) is 15.6. The van der Waals surface area contributed by atoms with E-state index in [1.165, 1.54) is 7.11 Å². The van der Waals surface area contributed by atoms with E-state index in [4.69, 9.17) is 30.5 Å². The largest absolute Gasteiger partial charge is 0.493 e. The number of amides is 1. The van der Waals surface area contributed by atoms with Crippen LogP contribution in [0.25, 0.3) is 5.69 Å². The van der Waals surface area contributed by atoms with Crippen LogP contribution in [-0.4, -0.2) is 43.8 Å². The fourth-order valence-electron chi connectivity index (χ4n) is 5.92. The molecule has 2 atom stereocenters. The lowest BCUT2D eigenvalue weighted by molar-refractivity contribution is -0.146. The molecule has 1 N–H and O–H groups in total. The van der Waals surface area contributed by atoms with Gasteiger partial charge in [-0.3, -0.25) is 9.59 Å². The van der Waals surface area contributed by atoms with Crippen molar-refractivity contribution in [1.29, 1.82) is 0 Å². The summed E-state index contributed by atoms with van der Waals surface area (Å²) in [6.07, 6.45) is 4.88. The molecule has 2 aromatic carbocycles. The fraction of sp³-hybridized carbons (Fsp3) is 0.419. The Morgan fingerprint density at radius 3 is 2.52 bits per heavy atom. The number of halogens is 1. The van der Waals surface area contributed by atoms with E-state index >= 15 is 0 Å². The molecule has 9 heteroatoms. The van der Waals surface area contributed by atoms with Crippen LogP contribution in [0.4, 0.5) is 0 Å². The fourth-order valence-corrected chi connectivity index (χ4v) is 6.10. The first kappa shape index (κ1) is 28.1. The monoisotopic (exact) mass is 566 g/mol. The van der Waals surface area contributed by atoms with Gasteiger partial charge in [0.25, 0.3) is 0 Å². The first-order valence-electron chi connectivity index (χ1n) is 13.6. The third-order valence-electron chi connectivity index (χ3n) is 7.92. The van der Waals surface area contributed by atoms with Gasteiger partial charge in [0.2, 0.25) is 5.91 Å². The summed E-state index contributed by atoms with van der Waals surface area (Å²) in [7, 11) is 4.64. The van der Waals surface area contributed by atoms with Crippen molar-refractivity contribution in [2.75, 3.05) is 21.3 Å². The van der Waals surface area contributed by atoms with Crippen LogP contribution in [0, 0.1) is 5.92 Å². The minimum absolute atomic E-state index is 0.0245. The second-order valence-corrected chi connectivity index (χ2v) is 10.7. The van der Waals surface area contributed by atoms with Gasteiger partial charge in [0.1, 0.15) is 6.10 Å². The van der Waals surface area contributed by atoms with Gasteiger partial charge in [-0.05, 0) is 68.5 Å². The van der Waals surface area contributed by atoms with Gasteiger partial charge < -0.3 is 28.8 Å². The number of nitrogens with one attached hydrogen (secondary N) is 1. The van der Waals surface area contributed by atoms with Crippen molar-refractivity contribution in [3.63, 3.8) is 0 Å². The normalized spacial score (nSPS) is 21.9. The number of ether oxygens (including phenoxy) is 4. The molecule has 212 valence electrons. The second-order valence-electron chi connectivity index (χ2n) is 10.3. The molecular formula is C31H35ClN2O6. The van der Waals surface area contributed by atoms with Gasteiger partial charge in [-0.1, -0.05) is 23.7 Å². The molecule has 8 nitrogen and oxygen atoms in total. The van der Waals surface area contributed by atoms with E-state index in [0.717, 1.165) is 48.2 Å². The highest BCUT2D eigenvalue weighted by Crippen LogP contribution is 2.46. The van der Waals surface area contributed by atoms with Crippen LogP contribution in [0.1, 0.15) is 67.6 Å². The molecule has 0 unspecified atom stereocenters. The van der Waals surface area contributed by atoms with Gasteiger partial charge >= 0.3 is 5.97 Å². The van der Waals surface area contributed by atoms with Gasteiger partial charge in [0.15, 0.2) is 11.5 Å². The molecule has 3 aromatic rings. The summed E-state index contributed by atoms with van der Waals surface area (Å²) in [4.78, 5) is 24.9. The Morgan fingerprint density at radius 1 is 1.00 bits per heavy atom. The molecule has 1 aromatic heterocycles. The van der Waals surface area contributed by atoms with E-state index in [1.807, 2.05) is 54.7 Å². The zero-order chi connectivity index (χ0) is 28.2. The van der Waals surface area contributed by atoms with E-state index in [-0.39, 0.29) is 29.9 Å². The molecule has 40 heavy (non-hydrogen) atoms. The summed E-state index contributed by atoms with van der Waals surface area (Å²) < 4.78 is 25.2. The molecule has 1 amide bonds. The Morgan fingerprint density at radius 2 is 1.80 bits per heavy atom. The van der Waals surface area contributed by atoms with Crippen molar-refractivity contribution in [1.82, 2.24) is 9.88 Å². The number of carbonyl (C=O) groups excluding carboxylic acids is 2. The molecule has 0 spiro atoms. The van der Waals surface area contributed by atoms with Crippen LogP contribution in [0.5, 0.6) is 11.5 Å². The molecule has 0 radical (unpaired) electrons. The van der Waals surface area contributed by atoms with Crippen LogP contribution >= 0.6 is 11.6 Å². The number of para-hydroxylation sites is 1. The summed E-state index contributed by atoms with van der Waals surface area (Å²) in [5.41, 5.74) is 3.62. The van der Waals surface area contributed by atoms with Gasteiger partial charge in [-0.15, -0.1) is 0 Å². The quantitative estimate of drug-likeness (QED) is 0.340. The van der Waals surface area contributed by atoms with Crippen LogP contribution in [-0.2, 0) is 19.1 Å². The number of carbonyl (C=O) groups is 2. The summed E-state index contributed by atoms with van der Waals surface area (Å²) in [5, 5.41) is 3.76. The first-order chi connectivity index (χ1) is 19.4. The molecule has 1 saturated carbocycles. The molecule has 0 bridgehead atoms. The van der Waals surface area contributed by atoms with Crippen LogP contribution in [0.2, 0.25) is 5.02 Å². The number of methoxy groups -OCH3 is 3. The van der Waals surface area contributed by atoms with Crippen molar-refractivity contribution in [2.45, 2.75) is 56.8 Å². The Labute approximate surface area is 239 Å². The number of nitrogens with zero attached hydrogens (tertiary/aromatic N) is 1. The van der Waals surface area contributed by atoms with E-state index in [9.17, 15) is 9.59 Å². The number of aromatic nitrogens is 1. The number of hydrogen-bond acceptors (Lipinski definition) is 6. The molecule has 2 aliphatic rings. The van der Waals surface area contributed by atoms with Crippen LogP contribution in [0.15, 0.2) is 54.7 Å². The van der Waals surface area contributed by atoms with Gasteiger partial charge in [0.05, 0.1) is 44.7 Å². The van der Waals surface area contributed by atoms with Crippen molar-refractivity contribution < 1.29 is 28.5 Å². The van der Waals surface area contributed by atoms with Crippen molar-refractivity contribution >= 4 is 23.5 Å². The Balaban J connectivity index is 1.38. The molecule has 0 saturated heterocycles. The lowest BCUT2D eigenvalue weighted by atomic mass is 9.86. The van der Waals surface area contributed by atoms with Gasteiger partial charge in [0, 0.05) is 34.8 Å². The van der Waals surface area contributed by atoms with E-state index in [2.05, 4.69) is 9.88 Å². The molecule has 5 rings (SSSR count). The number of benzene rings is 2. The molecule has 1 fully saturated rings. The molecule has 1 aliphatic carbocycles. The van der Waals surface area contributed by atoms with Gasteiger partial charge in [-0.25, -0.2) is 0 Å². The maximum Gasteiger partial charge on any atom is 0.308 e. The summed E-state index contributed by atoms with van der Waals surface area (Å²) in [6.45, 7) is 0. The zero-order valence-corrected chi connectivity index (χ0v) is 23.8. The highest BCUT2D eigenvalue weighted by atomic mass is 35.5. The number of hydrogen-bond donors (Lipinski definition) is 1. The lowest BCUT2D eigenvalue weighted by Gasteiger charge is -2.28. The maximum atomic E-state index is 13.0. The minimum Gasteiger partial charge on any atom is -0.493 e. The number of rotatable bonds is 8. The van der Waals surface area contributed by atoms with E-state index < -0.39 is 6.10 Å². The Bertz CT molecular complexity index is 1360. The minimum atomic E-state index is -0.514. The number of esters is 1. The molecular weight excluding hydrogens is 532 g/mol. The second kappa shape index (κ2) is 12.4. The van der Waals surface area contributed by atoms with E-state index in [0.29, 0.717) is 29.4 Å². The average Bonchev–Trinajstić information content (AvgIpc) is 3.42. The lowest BCUT2D eigenvalue weighted by Crippen LogP contribution is -2.39. The van der Waals surface area contributed by atoms with Crippen LogP contribution in [0.3, 0.4) is 0 Å². The average molecular weight is 567 g/mol. The third-order valence-corrected chi connectivity index (χ3v) is 8.15. The third kappa shape index (κ3) is 5.69. The van der Waals surface area contributed by atoms with E-state index in [1.54, 1.807) is 14.2 Å². The van der Waals surface area contributed by atoms with Crippen molar-refractivity contribution in [3.05, 3.63) is 76.6 Å². The summed E-state index contributed by atoms with van der Waals surface area (Å²) in [5.74, 6) is 0.928. The van der Waals surface area contributed by atoms with Gasteiger partial charge in [-0.2, -0.15) is 0 Å². The predicted molar refractivity (Wildman–Crippen MR) is 151 cm³/mol. The zero-order valence-electron chi connectivity index (χ0n) is 23.0. The topological polar surface area (TPSA) is 88.0 Å². The molecule has 2 heterocycles. The number of fused-ring (bicyclic) bond motifs is 3. The first-order valence-corrected chi connectivity index (χ1v) is 14.0. The molecule has 1 aliphatic heterocycles. The SMILES string of the molecule is COc1cccc([C@H]2O[C@H](CCC(=O)N[C@H]3CC[C@@H](C(=O)OC)CC3)c3cccn3-c3ccc(Cl)cc32)c1OC. The maximum absolute atomic E-state index is 13.0. The van der Waals surface area contributed by atoms with Crippen molar-refractivity contribution in [2.24, 2.45) is 5.92 Å². The highest BCUT2D eigenvalue weighted by molar-refractivity contribution is 6.30. The summed E-state index contributed by atoms with van der Waals surface area (Å²) >= 11 is 6.48. The van der Waals surface area contributed by atoms with Crippen LogP contribution < -0.4 is 14.8 Å². The standard InChI is InChI=1S/C31H35ClN2O6/c1-37-27-8-4-6-22(30(27)38-2)29-23-18-20(32)11-14-24(23)34-17-5-7-25(34)26(40-29)15-16-28(35)33-21-12-9-19(10-13-21)31(36)39-3/h4-8,11,14,17-19,21,26,29H,9-10,12-13,15-16H2,1-3H3,(H,33,35)/t19-,21+,26-,29-/m1/s1. The smallest absolute Gasteiger partial charge is 0.308 e. The highest BCUT2D eigenvalue weighted by Gasteiger charge is 2.33. The van der Waals surface area contributed by atoms with Crippen molar-refractivity contribution in [3.8, 4) is 17.2 Å². The Hall–Kier alpha value is -3.49.